The molecule has 3 rings (SSSR count). The molecule has 1 fully saturated rings. The summed E-state index contributed by atoms with van der Waals surface area (Å²) >= 11 is 1.83. The van der Waals surface area contributed by atoms with Gasteiger partial charge in [0.25, 0.3) is 0 Å². The zero-order valence-corrected chi connectivity index (χ0v) is 19.7. The van der Waals surface area contributed by atoms with Gasteiger partial charge in [0.1, 0.15) is 0 Å². The zero-order chi connectivity index (χ0) is 18.9. The first-order valence-corrected chi connectivity index (χ1v) is 10.5. The average Bonchev–Trinajstić information content (AvgIpc) is 3.40. The summed E-state index contributed by atoms with van der Waals surface area (Å²) in [5, 5.41) is 9.03. The Kier molecular flexibility index (Phi) is 10.0. The molecule has 3 heterocycles. The van der Waals surface area contributed by atoms with Crippen molar-refractivity contribution < 1.29 is 4.74 Å². The molecule has 2 aromatic heterocycles. The predicted octanol–water partition coefficient (Wildman–Crippen LogP) is 3.66. The summed E-state index contributed by atoms with van der Waals surface area (Å²) in [6.07, 6.45) is 4.33. The summed E-state index contributed by atoms with van der Waals surface area (Å²) in [6, 6.07) is 8.71. The Bertz CT molecular complexity index is 719. The van der Waals surface area contributed by atoms with E-state index >= 15 is 0 Å². The van der Waals surface area contributed by atoms with Gasteiger partial charge in [-0.25, -0.2) is 4.98 Å². The van der Waals surface area contributed by atoms with Gasteiger partial charge in [-0.15, -0.1) is 35.3 Å². The third-order valence-corrected chi connectivity index (χ3v) is 5.69. The molecule has 0 bridgehead atoms. The summed E-state index contributed by atoms with van der Waals surface area (Å²) in [7, 11) is 1.80. The monoisotopic (exact) mass is 515 g/mol. The fraction of sp³-hybridized carbons (Fsp3) is 0.500. The van der Waals surface area contributed by atoms with Crippen LogP contribution in [0, 0.1) is 0 Å². The predicted molar refractivity (Wildman–Crippen MR) is 127 cm³/mol. The van der Waals surface area contributed by atoms with Crippen molar-refractivity contribution in [3.8, 4) is 5.88 Å². The summed E-state index contributed by atoms with van der Waals surface area (Å²) in [6.45, 7) is 6.37. The van der Waals surface area contributed by atoms with E-state index in [2.05, 4.69) is 43.0 Å². The molecule has 1 aliphatic rings. The van der Waals surface area contributed by atoms with E-state index in [0.29, 0.717) is 25.1 Å². The number of rotatable bonds is 8. The molecule has 0 radical (unpaired) electrons. The second kappa shape index (κ2) is 12.2. The van der Waals surface area contributed by atoms with Crippen molar-refractivity contribution in [3.63, 3.8) is 0 Å². The van der Waals surface area contributed by atoms with Crippen LogP contribution in [0.3, 0.4) is 0 Å². The Morgan fingerprint density at radius 3 is 2.79 bits per heavy atom. The topological polar surface area (TPSA) is 61.8 Å². The number of aromatic nitrogens is 1. The molecule has 28 heavy (non-hydrogen) atoms. The number of hydrogen-bond acceptors (Lipinski definition) is 5. The van der Waals surface area contributed by atoms with Crippen LogP contribution in [0.25, 0.3) is 0 Å². The molecule has 1 aliphatic heterocycles. The Labute approximate surface area is 188 Å². The number of likely N-dealkylation sites (tertiary alicyclic amines) is 1. The highest BCUT2D eigenvalue weighted by atomic mass is 127. The van der Waals surface area contributed by atoms with Gasteiger partial charge in [-0.05, 0) is 50.4 Å². The quantitative estimate of drug-likeness (QED) is 0.319. The molecule has 0 aliphatic carbocycles. The Hall–Kier alpha value is -1.39. The van der Waals surface area contributed by atoms with Crippen LogP contribution in [0.5, 0.6) is 5.88 Å². The van der Waals surface area contributed by atoms with Crippen LogP contribution in [-0.2, 0) is 6.54 Å². The maximum Gasteiger partial charge on any atom is 0.218 e. The minimum absolute atomic E-state index is 0. The maximum absolute atomic E-state index is 5.60. The van der Waals surface area contributed by atoms with Gasteiger partial charge in [0.05, 0.1) is 12.6 Å². The van der Waals surface area contributed by atoms with Crippen LogP contribution in [0.4, 0.5) is 0 Å². The number of pyridine rings is 1. The SMILES string of the molecule is CCOc1ncccc1CNC(=NC)NCC(c1cccs1)N1CCCC1.I. The van der Waals surface area contributed by atoms with Crippen molar-refractivity contribution in [1.29, 1.82) is 0 Å². The van der Waals surface area contributed by atoms with Crippen LogP contribution < -0.4 is 15.4 Å². The standard InChI is InChI=1S/C20H29N5OS.HI/c1-3-26-19-16(8-6-10-22-19)14-23-20(21-2)24-15-17(18-9-7-13-27-18)25-11-4-5-12-25;/h6-10,13,17H,3-5,11-12,14-15H2,1-2H3,(H2,21,23,24);1H. The van der Waals surface area contributed by atoms with Crippen molar-refractivity contribution >= 4 is 41.3 Å². The molecule has 0 spiro atoms. The molecule has 1 atom stereocenters. The van der Waals surface area contributed by atoms with E-state index < -0.39 is 0 Å². The van der Waals surface area contributed by atoms with E-state index in [1.54, 1.807) is 13.2 Å². The second-order valence-corrected chi connectivity index (χ2v) is 7.46. The third-order valence-electron chi connectivity index (χ3n) is 4.72. The number of nitrogens with one attached hydrogen (secondary N) is 2. The fourth-order valence-electron chi connectivity index (χ4n) is 3.36. The molecule has 1 saturated heterocycles. The number of thiophene rings is 1. The van der Waals surface area contributed by atoms with Crippen LogP contribution in [0.2, 0.25) is 0 Å². The molecular weight excluding hydrogens is 485 g/mol. The van der Waals surface area contributed by atoms with E-state index in [9.17, 15) is 0 Å². The Morgan fingerprint density at radius 1 is 1.29 bits per heavy atom. The summed E-state index contributed by atoms with van der Waals surface area (Å²) in [5.41, 5.74) is 1.02. The van der Waals surface area contributed by atoms with E-state index in [-0.39, 0.29) is 24.0 Å². The summed E-state index contributed by atoms with van der Waals surface area (Å²) < 4.78 is 5.60. The first-order valence-electron chi connectivity index (χ1n) is 9.60. The highest BCUT2D eigenvalue weighted by Crippen LogP contribution is 2.27. The van der Waals surface area contributed by atoms with Crippen molar-refractivity contribution in [1.82, 2.24) is 20.5 Å². The number of guanidine groups is 1. The first kappa shape index (κ1) is 22.9. The molecule has 6 nitrogen and oxygen atoms in total. The molecule has 1 unspecified atom stereocenters. The molecule has 2 N–H and O–H groups in total. The van der Waals surface area contributed by atoms with Gasteiger partial charge in [-0.3, -0.25) is 9.89 Å². The lowest BCUT2D eigenvalue weighted by Gasteiger charge is -2.27. The number of ether oxygens (including phenoxy) is 1. The zero-order valence-electron chi connectivity index (χ0n) is 16.6. The van der Waals surface area contributed by atoms with E-state index in [1.807, 2.05) is 30.4 Å². The van der Waals surface area contributed by atoms with Gasteiger partial charge >= 0.3 is 0 Å². The van der Waals surface area contributed by atoms with Gasteiger partial charge < -0.3 is 15.4 Å². The van der Waals surface area contributed by atoms with Crippen molar-refractivity contribution in [2.45, 2.75) is 32.4 Å². The van der Waals surface area contributed by atoms with Gasteiger partial charge in [0.2, 0.25) is 5.88 Å². The first-order chi connectivity index (χ1) is 13.3. The maximum atomic E-state index is 5.60. The van der Waals surface area contributed by atoms with Gasteiger partial charge in [-0.1, -0.05) is 12.1 Å². The second-order valence-electron chi connectivity index (χ2n) is 6.48. The molecule has 0 amide bonds. The lowest BCUT2D eigenvalue weighted by molar-refractivity contribution is 0.249. The molecule has 0 aromatic carbocycles. The average molecular weight is 515 g/mol. The molecule has 8 heteroatoms. The minimum Gasteiger partial charge on any atom is -0.478 e. The van der Waals surface area contributed by atoms with Gasteiger partial charge in [0.15, 0.2) is 5.96 Å². The smallest absolute Gasteiger partial charge is 0.218 e. The van der Waals surface area contributed by atoms with E-state index in [4.69, 9.17) is 4.74 Å². The van der Waals surface area contributed by atoms with Crippen LogP contribution in [0.1, 0.15) is 36.2 Å². The lowest BCUT2D eigenvalue weighted by Crippen LogP contribution is -2.42. The highest BCUT2D eigenvalue weighted by Gasteiger charge is 2.24. The van der Waals surface area contributed by atoms with Crippen LogP contribution >= 0.6 is 35.3 Å². The minimum atomic E-state index is 0. The highest BCUT2D eigenvalue weighted by molar-refractivity contribution is 14.0. The van der Waals surface area contributed by atoms with Crippen LogP contribution in [-0.4, -0.2) is 49.1 Å². The van der Waals surface area contributed by atoms with Crippen molar-refractivity contribution in [3.05, 3.63) is 46.3 Å². The fourth-order valence-corrected chi connectivity index (χ4v) is 4.22. The van der Waals surface area contributed by atoms with Gasteiger partial charge in [-0.2, -0.15) is 0 Å². The normalized spacial score (nSPS) is 15.7. The largest absolute Gasteiger partial charge is 0.478 e. The lowest BCUT2D eigenvalue weighted by atomic mass is 10.2. The molecular formula is C20H30IN5OS. The summed E-state index contributed by atoms with van der Waals surface area (Å²) in [5.74, 6) is 1.47. The molecule has 0 saturated carbocycles. The van der Waals surface area contributed by atoms with Crippen molar-refractivity contribution in [2.24, 2.45) is 4.99 Å². The third kappa shape index (κ3) is 6.31. The number of nitrogens with zero attached hydrogens (tertiary/aromatic N) is 3. The Morgan fingerprint density at radius 2 is 2.11 bits per heavy atom. The van der Waals surface area contributed by atoms with Gasteiger partial charge in [0, 0.05) is 36.8 Å². The number of hydrogen-bond donors (Lipinski definition) is 2. The Balaban J connectivity index is 0.00000280. The molecule has 154 valence electrons. The summed E-state index contributed by atoms with van der Waals surface area (Å²) in [4.78, 5) is 12.7. The van der Waals surface area contributed by atoms with E-state index in [1.165, 1.54) is 30.8 Å². The number of halogens is 1. The van der Waals surface area contributed by atoms with Crippen molar-refractivity contribution in [2.75, 3.05) is 33.3 Å². The number of aliphatic imine (C=N–C) groups is 1. The molecule has 2 aromatic rings. The van der Waals surface area contributed by atoms with E-state index in [0.717, 1.165) is 18.1 Å². The van der Waals surface area contributed by atoms with Crippen LogP contribution in [0.15, 0.2) is 40.8 Å².